The van der Waals surface area contributed by atoms with Crippen molar-refractivity contribution in [1.29, 1.82) is 0 Å². The zero-order valence-electron chi connectivity index (χ0n) is 10.0. The Kier molecular flexibility index (Phi) is 2.53. The van der Waals surface area contributed by atoms with E-state index in [0.29, 0.717) is 6.54 Å². The van der Waals surface area contributed by atoms with Crippen molar-refractivity contribution in [3.8, 4) is 11.5 Å². The molecule has 0 unspecified atom stereocenters. The molecule has 3 aromatic heterocycles. The highest BCUT2D eigenvalue weighted by Gasteiger charge is 2.10. The first-order chi connectivity index (χ1) is 8.79. The van der Waals surface area contributed by atoms with Gasteiger partial charge >= 0.3 is 0 Å². The molecular weight excluding hydrogens is 226 g/mol. The fourth-order valence-electron chi connectivity index (χ4n) is 1.94. The molecule has 0 saturated heterocycles. The first-order valence-corrected chi connectivity index (χ1v) is 5.71. The lowest BCUT2D eigenvalue weighted by Gasteiger charge is -2.02. The molecule has 0 atom stereocenters. The third kappa shape index (κ3) is 1.65. The molecular formula is C13H13N5. The minimum atomic E-state index is 0.500. The maximum atomic E-state index is 5.56. The van der Waals surface area contributed by atoms with Gasteiger partial charge in [0.1, 0.15) is 5.69 Å². The molecule has 0 radical (unpaired) electrons. The van der Waals surface area contributed by atoms with Gasteiger partial charge in [0.15, 0.2) is 5.82 Å². The van der Waals surface area contributed by atoms with Crippen LogP contribution in [0.3, 0.4) is 0 Å². The Morgan fingerprint density at radius 1 is 1.22 bits per heavy atom. The number of hydrogen-bond donors (Lipinski definition) is 1. The van der Waals surface area contributed by atoms with Crippen LogP contribution in [0.15, 0.2) is 36.8 Å². The average molecular weight is 239 g/mol. The van der Waals surface area contributed by atoms with Gasteiger partial charge in [-0.3, -0.25) is 9.97 Å². The van der Waals surface area contributed by atoms with E-state index in [1.54, 1.807) is 18.6 Å². The fraction of sp³-hybridized carbons (Fsp3) is 0.154. The van der Waals surface area contributed by atoms with Crippen molar-refractivity contribution in [1.82, 2.24) is 19.5 Å². The molecule has 0 fully saturated rings. The van der Waals surface area contributed by atoms with Gasteiger partial charge in [-0.05, 0) is 17.7 Å². The highest BCUT2D eigenvalue weighted by atomic mass is 15.1. The van der Waals surface area contributed by atoms with Crippen LogP contribution in [-0.4, -0.2) is 19.5 Å². The third-order valence-corrected chi connectivity index (χ3v) is 2.97. The summed E-state index contributed by atoms with van der Waals surface area (Å²) in [5.74, 6) is 0.835. The number of nitrogens with zero attached hydrogens (tertiary/aromatic N) is 4. The summed E-state index contributed by atoms with van der Waals surface area (Å²) in [6.07, 6.45) is 5.33. The second-order valence-corrected chi connectivity index (χ2v) is 4.11. The van der Waals surface area contributed by atoms with E-state index < -0.39 is 0 Å². The Hall–Kier alpha value is -2.27. The molecule has 0 bridgehead atoms. The fourth-order valence-corrected chi connectivity index (χ4v) is 1.94. The maximum absolute atomic E-state index is 5.56. The van der Waals surface area contributed by atoms with Crippen molar-refractivity contribution in [2.45, 2.75) is 6.54 Å². The molecule has 5 heteroatoms. The summed E-state index contributed by atoms with van der Waals surface area (Å²) in [5, 5.41) is 0. The van der Waals surface area contributed by atoms with Gasteiger partial charge < -0.3 is 10.3 Å². The molecule has 0 aromatic carbocycles. The SMILES string of the molecule is Cn1c(-c2ccc(CN)cn2)nc2ccncc21. The molecule has 90 valence electrons. The van der Waals surface area contributed by atoms with Crippen LogP contribution in [0.1, 0.15) is 5.56 Å². The molecule has 3 heterocycles. The molecule has 3 aromatic rings. The van der Waals surface area contributed by atoms with E-state index in [4.69, 9.17) is 5.73 Å². The zero-order chi connectivity index (χ0) is 12.5. The van der Waals surface area contributed by atoms with Crippen LogP contribution in [-0.2, 0) is 13.6 Å². The van der Waals surface area contributed by atoms with E-state index in [1.807, 2.05) is 29.8 Å². The lowest BCUT2D eigenvalue weighted by Crippen LogP contribution is -1.99. The van der Waals surface area contributed by atoms with Crippen molar-refractivity contribution < 1.29 is 0 Å². The number of aromatic nitrogens is 4. The van der Waals surface area contributed by atoms with E-state index in [-0.39, 0.29) is 0 Å². The van der Waals surface area contributed by atoms with Crippen LogP contribution in [0.2, 0.25) is 0 Å². The Labute approximate surface area is 104 Å². The predicted molar refractivity (Wildman–Crippen MR) is 69.6 cm³/mol. The topological polar surface area (TPSA) is 69.6 Å². The quantitative estimate of drug-likeness (QED) is 0.735. The smallest absolute Gasteiger partial charge is 0.159 e. The minimum Gasteiger partial charge on any atom is -0.326 e. The van der Waals surface area contributed by atoms with Gasteiger partial charge in [0.05, 0.1) is 17.2 Å². The summed E-state index contributed by atoms with van der Waals surface area (Å²) >= 11 is 0. The summed E-state index contributed by atoms with van der Waals surface area (Å²) in [7, 11) is 1.96. The third-order valence-electron chi connectivity index (χ3n) is 2.97. The van der Waals surface area contributed by atoms with Gasteiger partial charge in [-0.2, -0.15) is 0 Å². The number of pyridine rings is 2. The van der Waals surface area contributed by atoms with Crippen LogP contribution in [0, 0.1) is 0 Å². The number of fused-ring (bicyclic) bond motifs is 1. The Balaban J connectivity index is 2.15. The van der Waals surface area contributed by atoms with Crippen LogP contribution in [0.5, 0.6) is 0 Å². The van der Waals surface area contributed by atoms with E-state index in [1.165, 1.54) is 0 Å². The Morgan fingerprint density at radius 3 is 2.78 bits per heavy atom. The largest absolute Gasteiger partial charge is 0.326 e. The molecule has 0 aliphatic rings. The maximum Gasteiger partial charge on any atom is 0.159 e. The zero-order valence-corrected chi connectivity index (χ0v) is 10.0. The standard InChI is InChI=1S/C13H13N5/c1-18-12-8-15-5-4-10(12)17-13(18)11-3-2-9(6-14)7-16-11/h2-5,7-8H,6,14H2,1H3. The summed E-state index contributed by atoms with van der Waals surface area (Å²) < 4.78 is 1.99. The lowest BCUT2D eigenvalue weighted by molar-refractivity contribution is 0.944. The van der Waals surface area contributed by atoms with Gasteiger partial charge in [-0.25, -0.2) is 4.98 Å². The summed E-state index contributed by atoms with van der Waals surface area (Å²) in [6, 6.07) is 5.81. The second kappa shape index (κ2) is 4.19. The number of nitrogens with two attached hydrogens (primary N) is 1. The van der Waals surface area contributed by atoms with E-state index in [0.717, 1.165) is 28.1 Å². The van der Waals surface area contributed by atoms with Crippen molar-refractivity contribution in [3.63, 3.8) is 0 Å². The monoisotopic (exact) mass is 239 g/mol. The molecule has 3 rings (SSSR count). The number of rotatable bonds is 2. The predicted octanol–water partition coefficient (Wildman–Crippen LogP) is 1.49. The Bertz CT molecular complexity index is 684. The van der Waals surface area contributed by atoms with Crippen molar-refractivity contribution in [3.05, 3.63) is 42.4 Å². The van der Waals surface area contributed by atoms with Gasteiger partial charge in [0.2, 0.25) is 0 Å². The van der Waals surface area contributed by atoms with Crippen LogP contribution in [0.4, 0.5) is 0 Å². The van der Waals surface area contributed by atoms with Crippen LogP contribution >= 0.6 is 0 Å². The first kappa shape index (κ1) is 10.9. The molecule has 2 N–H and O–H groups in total. The summed E-state index contributed by atoms with van der Waals surface area (Å²) in [5.41, 5.74) is 9.33. The van der Waals surface area contributed by atoms with Gasteiger partial charge in [0, 0.05) is 26.0 Å². The van der Waals surface area contributed by atoms with Crippen LogP contribution in [0.25, 0.3) is 22.6 Å². The average Bonchev–Trinajstić information content (AvgIpc) is 2.77. The number of hydrogen-bond acceptors (Lipinski definition) is 4. The normalized spacial score (nSPS) is 11.0. The first-order valence-electron chi connectivity index (χ1n) is 5.71. The number of aryl methyl sites for hydroxylation is 1. The molecule has 0 aliphatic heterocycles. The van der Waals surface area contributed by atoms with Crippen LogP contribution < -0.4 is 5.73 Å². The molecule has 0 saturated carbocycles. The molecule has 0 amide bonds. The minimum absolute atomic E-state index is 0.500. The van der Waals surface area contributed by atoms with Crippen molar-refractivity contribution >= 4 is 11.0 Å². The van der Waals surface area contributed by atoms with E-state index in [2.05, 4.69) is 15.0 Å². The second-order valence-electron chi connectivity index (χ2n) is 4.11. The molecule has 18 heavy (non-hydrogen) atoms. The Morgan fingerprint density at radius 2 is 2.11 bits per heavy atom. The van der Waals surface area contributed by atoms with Gasteiger partial charge in [-0.1, -0.05) is 6.07 Å². The van der Waals surface area contributed by atoms with E-state index in [9.17, 15) is 0 Å². The molecule has 0 aliphatic carbocycles. The highest BCUT2D eigenvalue weighted by Crippen LogP contribution is 2.21. The van der Waals surface area contributed by atoms with E-state index >= 15 is 0 Å². The van der Waals surface area contributed by atoms with Crippen molar-refractivity contribution in [2.75, 3.05) is 0 Å². The van der Waals surface area contributed by atoms with Crippen molar-refractivity contribution in [2.24, 2.45) is 12.8 Å². The highest BCUT2D eigenvalue weighted by molar-refractivity contribution is 5.78. The van der Waals surface area contributed by atoms with Gasteiger partial charge in [0.25, 0.3) is 0 Å². The van der Waals surface area contributed by atoms with Gasteiger partial charge in [-0.15, -0.1) is 0 Å². The summed E-state index contributed by atoms with van der Waals surface area (Å²) in [6.45, 7) is 0.500. The molecule has 5 nitrogen and oxygen atoms in total. The lowest BCUT2D eigenvalue weighted by atomic mass is 10.2. The summed E-state index contributed by atoms with van der Waals surface area (Å²) in [4.78, 5) is 13.1. The number of imidazole rings is 1. The molecule has 0 spiro atoms.